The maximum absolute atomic E-state index is 11.7. The molecule has 4 rings (SSSR count). The summed E-state index contributed by atoms with van der Waals surface area (Å²) in [5.41, 5.74) is 2.08. The van der Waals surface area contributed by atoms with Crippen LogP contribution >= 0.6 is 15.9 Å². The Morgan fingerprint density at radius 1 is 0.833 bits per heavy atom. The van der Waals surface area contributed by atoms with Gasteiger partial charge in [0.05, 0.1) is 4.48 Å². The van der Waals surface area contributed by atoms with Crippen LogP contribution in [0, 0.1) is 0 Å². The molecule has 2 atom stereocenters. The summed E-state index contributed by atoms with van der Waals surface area (Å²) in [5, 5.41) is 0. The second-order valence-corrected chi connectivity index (χ2v) is 6.66. The van der Waals surface area contributed by atoms with Gasteiger partial charge in [-0.05, 0) is 45.3 Å². The smallest absolute Gasteiger partial charge is 0.211 e. The highest BCUT2D eigenvalue weighted by molar-refractivity contribution is 9.12. The molecule has 2 aromatic carbocycles. The van der Waals surface area contributed by atoms with Crippen molar-refractivity contribution in [3.05, 3.63) is 94.5 Å². The molecule has 1 fully saturated rings. The summed E-state index contributed by atoms with van der Waals surface area (Å²) >= 11 is 3.29. The van der Waals surface area contributed by atoms with Gasteiger partial charge in [0.25, 0.3) is 0 Å². The molecule has 24 heavy (non-hydrogen) atoms. The van der Waals surface area contributed by atoms with E-state index in [1.807, 2.05) is 60.7 Å². The van der Waals surface area contributed by atoms with Crippen molar-refractivity contribution in [2.24, 2.45) is 0 Å². The Morgan fingerprint density at radius 3 is 1.79 bits per heavy atom. The lowest BCUT2D eigenvalue weighted by Gasteiger charge is -2.23. The third kappa shape index (κ3) is 2.77. The molecule has 0 bridgehead atoms. The van der Waals surface area contributed by atoms with Crippen molar-refractivity contribution >= 4 is 21.7 Å². The number of benzene rings is 2. The molecular weight excluding hydrogens is 368 g/mol. The van der Waals surface area contributed by atoms with Crippen LogP contribution in [-0.4, -0.2) is 11.6 Å². The molecule has 1 heterocycles. The van der Waals surface area contributed by atoms with E-state index in [0.29, 0.717) is 4.48 Å². The highest BCUT2D eigenvalue weighted by atomic mass is 79.9. The summed E-state index contributed by atoms with van der Waals surface area (Å²) in [7, 11) is 0. The second-order valence-electron chi connectivity index (χ2n) is 5.81. The van der Waals surface area contributed by atoms with Gasteiger partial charge in [-0.1, -0.05) is 60.7 Å². The average molecular weight is 383 g/mol. The monoisotopic (exact) mass is 382 g/mol. The van der Waals surface area contributed by atoms with Gasteiger partial charge >= 0.3 is 0 Å². The van der Waals surface area contributed by atoms with E-state index in [9.17, 15) is 4.79 Å². The normalized spacial score (nSPS) is 25.0. The standard InChI is InChI=1S/C20H15BrO3/c21-16-13-20(12-11-17(16)22)23-18(14-7-3-1-4-8-14)19(24-20)15-9-5-2-6-10-15/h1-13,18-19H/t18-,19-/m1/s1. The van der Waals surface area contributed by atoms with E-state index in [4.69, 9.17) is 9.47 Å². The Bertz CT molecular complexity index is 764. The molecule has 1 spiro atoms. The first-order chi connectivity index (χ1) is 11.7. The molecule has 2 aromatic rings. The minimum atomic E-state index is -1.03. The zero-order valence-corrected chi connectivity index (χ0v) is 14.3. The van der Waals surface area contributed by atoms with Crippen LogP contribution in [0.25, 0.3) is 0 Å². The second kappa shape index (κ2) is 6.13. The van der Waals surface area contributed by atoms with Crippen molar-refractivity contribution in [3.8, 4) is 0 Å². The van der Waals surface area contributed by atoms with E-state index in [-0.39, 0.29) is 18.0 Å². The fraction of sp³-hybridized carbons (Fsp3) is 0.150. The molecule has 0 saturated carbocycles. The van der Waals surface area contributed by atoms with Crippen molar-refractivity contribution in [3.63, 3.8) is 0 Å². The minimum absolute atomic E-state index is 0.0905. The highest BCUT2D eigenvalue weighted by Crippen LogP contribution is 2.49. The number of halogens is 1. The van der Waals surface area contributed by atoms with Gasteiger partial charge in [-0.3, -0.25) is 4.79 Å². The molecule has 1 aliphatic carbocycles. The minimum Gasteiger partial charge on any atom is -0.332 e. The maximum atomic E-state index is 11.7. The number of rotatable bonds is 2. The third-order valence-electron chi connectivity index (χ3n) is 4.18. The van der Waals surface area contributed by atoms with E-state index in [0.717, 1.165) is 11.1 Å². The molecule has 2 aliphatic rings. The quantitative estimate of drug-likeness (QED) is 0.759. The fourth-order valence-electron chi connectivity index (χ4n) is 3.03. The summed E-state index contributed by atoms with van der Waals surface area (Å²) in [6.07, 6.45) is 4.33. The topological polar surface area (TPSA) is 35.5 Å². The Morgan fingerprint density at radius 2 is 1.33 bits per heavy atom. The van der Waals surface area contributed by atoms with Crippen molar-refractivity contribution in [2.75, 3.05) is 0 Å². The zero-order chi connectivity index (χ0) is 16.6. The largest absolute Gasteiger partial charge is 0.332 e. The van der Waals surface area contributed by atoms with Crippen LogP contribution in [0.15, 0.2) is 83.4 Å². The number of carbonyl (C=O) groups excluding carboxylic acids is 1. The molecule has 0 aromatic heterocycles. The van der Waals surface area contributed by atoms with E-state index in [1.165, 1.54) is 6.08 Å². The van der Waals surface area contributed by atoms with E-state index in [1.54, 1.807) is 12.2 Å². The number of ether oxygens (including phenoxy) is 2. The molecule has 4 heteroatoms. The molecular formula is C20H15BrO3. The first kappa shape index (κ1) is 15.5. The summed E-state index contributed by atoms with van der Waals surface area (Å²) in [4.78, 5) is 11.7. The van der Waals surface area contributed by atoms with E-state index >= 15 is 0 Å². The highest BCUT2D eigenvalue weighted by Gasteiger charge is 2.47. The van der Waals surface area contributed by atoms with E-state index in [2.05, 4.69) is 15.9 Å². The van der Waals surface area contributed by atoms with Gasteiger partial charge in [-0.25, -0.2) is 0 Å². The summed E-state index contributed by atoms with van der Waals surface area (Å²) in [6, 6.07) is 20.0. The summed E-state index contributed by atoms with van der Waals surface area (Å²) < 4.78 is 13.0. The Kier molecular flexibility index (Phi) is 3.96. The van der Waals surface area contributed by atoms with Gasteiger partial charge in [0.15, 0.2) is 5.78 Å². The van der Waals surface area contributed by atoms with Gasteiger partial charge in [-0.2, -0.15) is 0 Å². The Hall–Kier alpha value is -2.01. The molecule has 0 N–H and O–H groups in total. The zero-order valence-electron chi connectivity index (χ0n) is 12.8. The molecule has 0 unspecified atom stereocenters. The summed E-state index contributed by atoms with van der Waals surface area (Å²) in [6.45, 7) is 0. The van der Waals surface area contributed by atoms with Crippen LogP contribution in [-0.2, 0) is 14.3 Å². The predicted octanol–water partition coefficient (Wildman–Crippen LogP) is 4.63. The van der Waals surface area contributed by atoms with Crippen LogP contribution in [0.2, 0.25) is 0 Å². The SMILES string of the molecule is O=C1C=CC2(C=C1Br)O[C@H](c1ccccc1)[C@@H](c1ccccc1)O2. The first-order valence-corrected chi connectivity index (χ1v) is 8.54. The lowest BCUT2D eigenvalue weighted by molar-refractivity contribution is -0.115. The average Bonchev–Trinajstić information content (AvgIpc) is 2.99. The van der Waals surface area contributed by atoms with Crippen LogP contribution in [0.4, 0.5) is 0 Å². The van der Waals surface area contributed by atoms with Crippen LogP contribution in [0.1, 0.15) is 23.3 Å². The fourth-order valence-corrected chi connectivity index (χ4v) is 3.48. The van der Waals surface area contributed by atoms with Crippen LogP contribution < -0.4 is 0 Å². The molecule has 0 radical (unpaired) electrons. The Labute approximate surface area is 148 Å². The molecule has 3 nitrogen and oxygen atoms in total. The molecule has 1 aliphatic heterocycles. The van der Waals surface area contributed by atoms with Gasteiger partial charge in [0.1, 0.15) is 12.2 Å². The third-order valence-corrected chi connectivity index (χ3v) is 4.80. The molecule has 1 saturated heterocycles. The van der Waals surface area contributed by atoms with Gasteiger partial charge in [0.2, 0.25) is 5.79 Å². The predicted molar refractivity (Wildman–Crippen MR) is 94.4 cm³/mol. The maximum Gasteiger partial charge on any atom is 0.211 e. The van der Waals surface area contributed by atoms with Crippen LogP contribution in [0.5, 0.6) is 0 Å². The number of hydrogen-bond acceptors (Lipinski definition) is 3. The number of carbonyl (C=O) groups is 1. The van der Waals surface area contributed by atoms with Gasteiger partial charge in [0, 0.05) is 0 Å². The number of ketones is 1. The molecule has 120 valence electrons. The van der Waals surface area contributed by atoms with Crippen molar-refractivity contribution in [1.82, 2.24) is 0 Å². The lowest BCUT2D eigenvalue weighted by Crippen LogP contribution is -2.28. The van der Waals surface area contributed by atoms with Crippen LogP contribution in [0.3, 0.4) is 0 Å². The summed E-state index contributed by atoms with van der Waals surface area (Å²) in [5.74, 6) is -1.12. The first-order valence-electron chi connectivity index (χ1n) is 7.74. The lowest BCUT2D eigenvalue weighted by atomic mass is 9.99. The number of allylic oxidation sites excluding steroid dienone is 2. The van der Waals surface area contributed by atoms with Crippen molar-refractivity contribution < 1.29 is 14.3 Å². The van der Waals surface area contributed by atoms with Crippen molar-refractivity contribution in [1.29, 1.82) is 0 Å². The number of hydrogen-bond donors (Lipinski definition) is 0. The van der Waals surface area contributed by atoms with Crippen molar-refractivity contribution in [2.45, 2.75) is 18.0 Å². The van der Waals surface area contributed by atoms with Gasteiger partial charge < -0.3 is 9.47 Å². The molecule has 0 amide bonds. The Balaban J connectivity index is 1.76. The van der Waals surface area contributed by atoms with E-state index < -0.39 is 5.79 Å². The van der Waals surface area contributed by atoms with Gasteiger partial charge in [-0.15, -0.1) is 0 Å².